The molecule has 2 amide bonds. The number of ether oxygens (including phenoxy) is 1. The second-order valence-electron chi connectivity index (χ2n) is 5.10. The molecule has 2 heterocycles. The molecule has 5 nitrogen and oxygen atoms in total. The Labute approximate surface area is 156 Å². The molecular formula is C18H12FNO4S2. The van der Waals surface area contributed by atoms with E-state index in [1.165, 1.54) is 34.8 Å². The molecule has 0 spiro atoms. The fourth-order valence-corrected chi connectivity index (χ4v) is 3.58. The van der Waals surface area contributed by atoms with Crippen LogP contribution in [0.25, 0.3) is 10.4 Å². The monoisotopic (exact) mass is 389 g/mol. The standard InChI is InChI=1S/C18H12FNO4S2/c19-12-5-3-11(4-6-12)13-7-8-15(26-13)18(23)24-10-16(21)20-17(22)14-2-1-9-25-14/h1-9H,10H2,(H,20,21,22). The lowest BCUT2D eigenvalue weighted by Crippen LogP contribution is -2.33. The van der Waals surface area contributed by atoms with Gasteiger partial charge in [0.15, 0.2) is 6.61 Å². The zero-order valence-corrected chi connectivity index (χ0v) is 14.9. The van der Waals surface area contributed by atoms with Crippen molar-refractivity contribution < 1.29 is 23.5 Å². The van der Waals surface area contributed by atoms with Gasteiger partial charge in [0.2, 0.25) is 0 Å². The lowest BCUT2D eigenvalue weighted by molar-refractivity contribution is -0.123. The molecule has 3 rings (SSSR count). The molecule has 0 unspecified atom stereocenters. The van der Waals surface area contributed by atoms with E-state index < -0.39 is 24.4 Å². The number of halogens is 1. The van der Waals surface area contributed by atoms with Gasteiger partial charge in [-0.2, -0.15) is 0 Å². The summed E-state index contributed by atoms with van der Waals surface area (Å²) in [5.74, 6) is -2.24. The molecule has 0 saturated heterocycles. The molecule has 0 saturated carbocycles. The Bertz CT molecular complexity index is 933. The van der Waals surface area contributed by atoms with E-state index in [1.54, 1.807) is 41.8 Å². The summed E-state index contributed by atoms with van der Waals surface area (Å²) < 4.78 is 17.9. The quantitative estimate of drug-likeness (QED) is 0.675. The lowest BCUT2D eigenvalue weighted by Gasteiger charge is -2.04. The zero-order chi connectivity index (χ0) is 18.5. The van der Waals surface area contributed by atoms with Crippen LogP contribution in [0.5, 0.6) is 0 Å². The van der Waals surface area contributed by atoms with Gasteiger partial charge in [0.1, 0.15) is 10.7 Å². The third kappa shape index (κ3) is 4.41. The predicted octanol–water partition coefficient (Wildman–Crippen LogP) is 3.73. The van der Waals surface area contributed by atoms with Crippen LogP contribution in [0.3, 0.4) is 0 Å². The highest BCUT2D eigenvalue weighted by Crippen LogP contribution is 2.28. The molecule has 0 bridgehead atoms. The van der Waals surface area contributed by atoms with Crippen molar-refractivity contribution in [2.45, 2.75) is 0 Å². The average Bonchev–Trinajstić information content (AvgIpc) is 3.32. The fraction of sp³-hybridized carbons (Fsp3) is 0.0556. The molecule has 8 heteroatoms. The van der Waals surface area contributed by atoms with E-state index in [1.807, 2.05) is 0 Å². The van der Waals surface area contributed by atoms with Crippen LogP contribution < -0.4 is 5.32 Å². The molecule has 1 N–H and O–H groups in total. The average molecular weight is 389 g/mol. The summed E-state index contributed by atoms with van der Waals surface area (Å²) in [6.07, 6.45) is 0. The first kappa shape index (κ1) is 18.0. The lowest BCUT2D eigenvalue weighted by atomic mass is 10.2. The highest BCUT2D eigenvalue weighted by Gasteiger charge is 2.16. The number of hydrogen-bond acceptors (Lipinski definition) is 6. The number of amides is 2. The predicted molar refractivity (Wildman–Crippen MR) is 96.8 cm³/mol. The highest BCUT2D eigenvalue weighted by atomic mass is 32.1. The van der Waals surface area contributed by atoms with Gasteiger partial charge < -0.3 is 4.74 Å². The minimum atomic E-state index is -0.702. The maximum absolute atomic E-state index is 13.0. The van der Waals surface area contributed by atoms with Crippen LogP contribution in [0.1, 0.15) is 19.3 Å². The molecule has 0 fully saturated rings. The summed E-state index contributed by atoms with van der Waals surface area (Å²) in [5, 5.41) is 3.87. The van der Waals surface area contributed by atoms with E-state index in [4.69, 9.17) is 4.74 Å². The fourth-order valence-electron chi connectivity index (χ4n) is 2.05. The number of imide groups is 1. The van der Waals surface area contributed by atoms with E-state index in [-0.39, 0.29) is 5.82 Å². The number of nitrogens with one attached hydrogen (secondary N) is 1. The number of carbonyl (C=O) groups is 3. The minimum Gasteiger partial charge on any atom is -0.451 e. The van der Waals surface area contributed by atoms with Crippen LogP contribution >= 0.6 is 22.7 Å². The smallest absolute Gasteiger partial charge is 0.348 e. The number of benzene rings is 1. The molecule has 0 aliphatic carbocycles. The summed E-state index contributed by atoms with van der Waals surface area (Å²) in [5.41, 5.74) is 0.773. The van der Waals surface area contributed by atoms with Gasteiger partial charge in [0, 0.05) is 4.88 Å². The van der Waals surface area contributed by atoms with Crippen LogP contribution in [-0.2, 0) is 9.53 Å². The molecule has 1 aromatic carbocycles. The molecule has 0 atom stereocenters. The van der Waals surface area contributed by atoms with Crippen molar-refractivity contribution in [1.29, 1.82) is 0 Å². The molecule has 0 aliphatic rings. The Morgan fingerprint density at radius 1 is 1.00 bits per heavy atom. The van der Waals surface area contributed by atoms with Crippen LogP contribution in [0.2, 0.25) is 0 Å². The van der Waals surface area contributed by atoms with Gasteiger partial charge in [0.05, 0.1) is 4.88 Å². The van der Waals surface area contributed by atoms with E-state index in [9.17, 15) is 18.8 Å². The second kappa shape index (κ2) is 8.03. The Kier molecular flexibility index (Phi) is 5.55. The van der Waals surface area contributed by atoms with Gasteiger partial charge >= 0.3 is 5.97 Å². The zero-order valence-electron chi connectivity index (χ0n) is 13.2. The highest BCUT2D eigenvalue weighted by molar-refractivity contribution is 7.17. The van der Waals surface area contributed by atoms with E-state index in [0.717, 1.165) is 10.4 Å². The van der Waals surface area contributed by atoms with Crippen LogP contribution in [-0.4, -0.2) is 24.4 Å². The Hall–Kier alpha value is -2.84. The van der Waals surface area contributed by atoms with Gasteiger partial charge in [-0.05, 0) is 41.3 Å². The topological polar surface area (TPSA) is 72.5 Å². The first-order valence-corrected chi connectivity index (χ1v) is 9.13. The van der Waals surface area contributed by atoms with E-state index in [0.29, 0.717) is 9.75 Å². The summed E-state index contributed by atoms with van der Waals surface area (Å²) in [6, 6.07) is 12.5. The van der Waals surface area contributed by atoms with Crippen LogP contribution in [0.15, 0.2) is 53.9 Å². The largest absolute Gasteiger partial charge is 0.451 e. The molecule has 132 valence electrons. The van der Waals surface area contributed by atoms with E-state index >= 15 is 0 Å². The second-order valence-corrected chi connectivity index (χ2v) is 7.13. The number of rotatable bonds is 5. The van der Waals surface area contributed by atoms with E-state index in [2.05, 4.69) is 5.32 Å². The molecule has 3 aromatic rings. The summed E-state index contributed by atoms with van der Waals surface area (Å²) in [6.45, 7) is -0.556. The van der Waals surface area contributed by atoms with Gasteiger partial charge in [-0.25, -0.2) is 9.18 Å². The maximum atomic E-state index is 13.0. The van der Waals surface area contributed by atoms with Crippen LogP contribution in [0, 0.1) is 5.82 Å². The van der Waals surface area contributed by atoms with Crippen molar-refractivity contribution in [3.05, 3.63) is 69.5 Å². The van der Waals surface area contributed by atoms with Crippen molar-refractivity contribution in [3.8, 4) is 10.4 Å². The van der Waals surface area contributed by atoms with Crippen molar-refractivity contribution in [2.75, 3.05) is 6.61 Å². The number of esters is 1. The van der Waals surface area contributed by atoms with Crippen molar-refractivity contribution in [2.24, 2.45) is 0 Å². The van der Waals surface area contributed by atoms with Crippen molar-refractivity contribution in [1.82, 2.24) is 5.32 Å². The van der Waals surface area contributed by atoms with Gasteiger partial charge in [0.25, 0.3) is 11.8 Å². The molecule has 2 aromatic heterocycles. The normalized spacial score (nSPS) is 10.3. The SMILES string of the molecule is O=C(COC(=O)c1ccc(-c2ccc(F)cc2)s1)NC(=O)c1cccs1. The van der Waals surface area contributed by atoms with Crippen LogP contribution in [0.4, 0.5) is 4.39 Å². The third-order valence-electron chi connectivity index (χ3n) is 3.27. The molecule has 0 radical (unpaired) electrons. The summed E-state index contributed by atoms with van der Waals surface area (Å²) in [7, 11) is 0. The van der Waals surface area contributed by atoms with Gasteiger partial charge in [-0.3, -0.25) is 14.9 Å². The third-order valence-corrected chi connectivity index (χ3v) is 5.25. The first-order valence-electron chi connectivity index (χ1n) is 7.43. The Morgan fingerprint density at radius 2 is 1.77 bits per heavy atom. The minimum absolute atomic E-state index is 0.307. The summed E-state index contributed by atoms with van der Waals surface area (Å²) in [4.78, 5) is 36.9. The van der Waals surface area contributed by atoms with Crippen molar-refractivity contribution >= 4 is 40.5 Å². The van der Waals surface area contributed by atoms with Gasteiger partial charge in [-0.15, -0.1) is 22.7 Å². The number of thiophene rings is 2. The Balaban J connectivity index is 1.54. The van der Waals surface area contributed by atoms with Crippen molar-refractivity contribution in [3.63, 3.8) is 0 Å². The maximum Gasteiger partial charge on any atom is 0.348 e. The molecule has 0 aliphatic heterocycles. The summed E-state index contributed by atoms with van der Waals surface area (Å²) >= 11 is 2.37. The Morgan fingerprint density at radius 3 is 2.46 bits per heavy atom. The molecule has 26 heavy (non-hydrogen) atoms. The molecular weight excluding hydrogens is 377 g/mol. The van der Waals surface area contributed by atoms with Gasteiger partial charge in [-0.1, -0.05) is 18.2 Å². The first-order chi connectivity index (χ1) is 12.5. The number of hydrogen-bond donors (Lipinski definition) is 1. The number of carbonyl (C=O) groups excluding carboxylic acids is 3.